The molecule has 3 heterocycles. The predicted octanol–water partition coefficient (Wildman–Crippen LogP) is 4.84. The molecule has 9 heteroatoms. The van der Waals surface area contributed by atoms with Crippen LogP contribution in [0, 0.1) is 28.6 Å². The molecule has 3 aliphatic carbocycles. The number of nitrogens with one attached hydrogen (secondary N) is 1. The van der Waals surface area contributed by atoms with E-state index in [-0.39, 0.29) is 17.9 Å². The number of nitriles is 1. The first-order chi connectivity index (χ1) is 17.8. The fourth-order valence-corrected chi connectivity index (χ4v) is 8.64. The number of likely N-dealkylation sites (tertiary alicyclic amines) is 1. The van der Waals surface area contributed by atoms with Crippen molar-refractivity contribution in [1.82, 2.24) is 14.9 Å². The number of hydrogen-bond donors (Lipinski definition) is 3. The summed E-state index contributed by atoms with van der Waals surface area (Å²) in [4.78, 5) is 12.4. The van der Waals surface area contributed by atoms with E-state index in [2.05, 4.69) is 41.8 Å². The third kappa shape index (κ3) is 3.68. The number of aliphatic hydroxyl groups excluding tert-OH is 1. The highest BCUT2D eigenvalue weighted by Gasteiger charge is 2.58. The molecule has 0 unspecified atom stereocenters. The molecule has 0 aromatic carbocycles. The van der Waals surface area contributed by atoms with Gasteiger partial charge in [-0.25, -0.2) is 4.98 Å². The van der Waals surface area contributed by atoms with Gasteiger partial charge in [0.25, 0.3) is 0 Å². The molecule has 0 amide bonds. The smallest absolute Gasteiger partial charge is 0.317 e. The first-order valence-electron chi connectivity index (χ1n) is 13.3. The molecular formula is C28H34N6O2S. The van der Waals surface area contributed by atoms with Crippen LogP contribution in [0.25, 0.3) is 5.76 Å². The van der Waals surface area contributed by atoms with Gasteiger partial charge in [0.15, 0.2) is 0 Å². The van der Waals surface area contributed by atoms with E-state index in [4.69, 9.17) is 10.5 Å². The number of aromatic nitrogens is 2. The van der Waals surface area contributed by atoms with Crippen molar-refractivity contribution in [3.63, 3.8) is 0 Å². The monoisotopic (exact) mass is 518 g/mol. The number of nitrogens with two attached hydrogens (primary N) is 1. The average Bonchev–Trinajstić information content (AvgIpc) is 3.19. The summed E-state index contributed by atoms with van der Waals surface area (Å²) in [7, 11) is 2.17. The van der Waals surface area contributed by atoms with Crippen LogP contribution in [0.4, 0.5) is 5.00 Å². The third-order valence-electron chi connectivity index (χ3n) is 9.43. The van der Waals surface area contributed by atoms with Gasteiger partial charge in [0, 0.05) is 39.9 Å². The van der Waals surface area contributed by atoms with Crippen molar-refractivity contribution >= 4 is 27.8 Å². The summed E-state index contributed by atoms with van der Waals surface area (Å²) < 4.78 is 6.17. The molecule has 6 rings (SSSR count). The number of likely N-dealkylation sites (N-methyl/N-ethyl adjacent to an activating group) is 1. The predicted molar refractivity (Wildman–Crippen MR) is 144 cm³/mol. The molecule has 1 aliphatic heterocycles. The summed E-state index contributed by atoms with van der Waals surface area (Å²) in [6.45, 7) is 4.37. The largest absolute Gasteiger partial charge is 0.505 e. The molecule has 4 N–H and O–H groups in total. The minimum Gasteiger partial charge on any atom is -0.505 e. The van der Waals surface area contributed by atoms with E-state index < -0.39 is 5.41 Å². The molecule has 1 saturated heterocycles. The fraction of sp³-hybridized carbons (Fsp3) is 0.571. The van der Waals surface area contributed by atoms with Crippen molar-refractivity contribution in [2.45, 2.75) is 82.4 Å². The lowest BCUT2D eigenvalue weighted by Crippen LogP contribution is -2.42. The number of piperidine rings is 1. The van der Waals surface area contributed by atoms with Crippen molar-refractivity contribution in [2.24, 2.45) is 11.8 Å². The van der Waals surface area contributed by atoms with E-state index in [0.717, 1.165) is 60.8 Å². The number of fused-ring (bicyclic) bond motifs is 3. The number of nitrogen functional groups attached to an aromatic ring is 1. The van der Waals surface area contributed by atoms with Gasteiger partial charge < -0.3 is 21.0 Å². The van der Waals surface area contributed by atoms with E-state index in [1.807, 2.05) is 0 Å². The standard InChI is InChI=1S/C28H34N6O2S/c1-14-17-12-20(34(3)23(14)17)15(2)36-27-32-11-8-19(33-27)24(35)16-6-4-9-28(25(16)30)10-5-7-21-22(28)18(13-29)26(31)37-21/h8,11,14-15,17,20,23,30,35H,4-7,9-10,12,31H2,1-3H3/b24-16-,30-25?/t14-,15-,17+,20-,23-,28-/m0/s1. The van der Waals surface area contributed by atoms with Gasteiger partial charge in [-0.1, -0.05) is 6.92 Å². The van der Waals surface area contributed by atoms with E-state index in [1.165, 1.54) is 11.3 Å². The van der Waals surface area contributed by atoms with Crippen LogP contribution in [0.5, 0.6) is 6.01 Å². The number of ether oxygens (including phenoxy) is 1. The van der Waals surface area contributed by atoms with Crippen molar-refractivity contribution < 1.29 is 9.84 Å². The van der Waals surface area contributed by atoms with Gasteiger partial charge in [-0.15, -0.1) is 11.3 Å². The number of nitrogens with zero attached hydrogens (tertiary/aromatic N) is 4. The first kappa shape index (κ1) is 24.4. The van der Waals surface area contributed by atoms with Crippen LogP contribution in [0.15, 0.2) is 17.8 Å². The van der Waals surface area contributed by atoms with Crippen LogP contribution in [0.2, 0.25) is 0 Å². The van der Waals surface area contributed by atoms with Crippen molar-refractivity contribution in [2.75, 3.05) is 12.8 Å². The summed E-state index contributed by atoms with van der Waals surface area (Å²) in [5, 5.41) is 31.1. The van der Waals surface area contributed by atoms with Crippen LogP contribution in [-0.4, -0.2) is 50.9 Å². The summed E-state index contributed by atoms with van der Waals surface area (Å²) in [5.41, 5.74) is 8.42. The fourth-order valence-electron chi connectivity index (χ4n) is 7.48. The Balaban J connectivity index is 1.28. The molecule has 2 saturated carbocycles. The Hall–Kier alpha value is -2.96. The van der Waals surface area contributed by atoms with Gasteiger partial charge in [-0.3, -0.25) is 4.90 Å². The maximum absolute atomic E-state index is 11.4. The number of hydrogen-bond acceptors (Lipinski definition) is 9. The number of aliphatic hydroxyl groups is 1. The van der Waals surface area contributed by atoms with Gasteiger partial charge in [0.05, 0.1) is 5.56 Å². The molecule has 0 radical (unpaired) electrons. The van der Waals surface area contributed by atoms with E-state index in [1.54, 1.807) is 12.3 Å². The van der Waals surface area contributed by atoms with Crippen molar-refractivity contribution in [3.8, 4) is 12.1 Å². The second-order valence-electron chi connectivity index (χ2n) is 11.3. The van der Waals surface area contributed by atoms with Crippen molar-refractivity contribution in [1.29, 1.82) is 10.7 Å². The van der Waals surface area contributed by atoms with Crippen molar-refractivity contribution in [3.05, 3.63) is 39.5 Å². The zero-order chi connectivity index (χ0) is 26.1. The minimum absolute atomic E-state index is 0.00543. The number of thiophene rings is 1. The molecule has 8 nitrogen and oxygen atoms in total. The second kappa shape index (κ2) is 8.81. The van der Waals surface area contributed by atoms with Gasteiger partial charge in [-0.2, -0.15) is 10.2 Å². The topological polar surface area (TPSA) is 132 Å². The van der Waals surface area contributed by atoms with Gasteiger partial charge in [0.1, 0.15) is 28.6 Å². The summed E-state index contributed by atoms with van der Waals surface area (Å²) in [5.74, 6) is 1.53. The maximum Gasteiger partial charge on any atom is 0.317 e. The highest BCUT2D eigenvalue weighted by molar-refractivity contribution is 7.16. The lowest BCUT2D eigenvalue weighted by Gasteiger charge is -2.42. The van der Waals surface area contributed by atoms with Gasteiger partial charge in [-0.05, 0) is 82.4 Å². The minimum atomic E-state index is -0.583. The highest BCUT2D eigenvalue weighted by Crippen LogP contribution is 2.54. The zero-order valence-electron chi connectivity index (χ0n) is 21.6. The number of rotatable bonds is 4. The van der Waals surface area contributed by atoms with E-state index in [0.29, 0.717) is 46.0 Å². The maximum atomic E-state index is 11.4. The second-order valence-corrected chi connectivity index (χ2v) is 12.4. The molecule has 3 fully saturated rings. The highest BCUT2D eigenvalue weighted by atomic mass is 32.1. The summed E-state index contributed by atoms with van der Waals surface area (Å²) in [6, 6.07) is 5.19. The number of allylic oxidation sites excluding steroid dienone is 1. The summed E-state index contributed by atoms with van der Waals surface area (Å²) in [6.07, 6.45) is 7.46. The SMILES string of the molecule is C[C@H]1[C@H]2C[C@@H]([C@H](C)Oc3nccc(/C(O)=C4\CCC[C@@]5(CCCc6sc(N)c(C#N)c65)C4=N)n3)N(C)[C@@H]12. The van der Waals surface area contributed by atoms with Crippen LogP contribution < -0.4 is 10.5 Å². The van der Waals surface area contributed by atoms with Crippen LogP contribution in [0.3, 0.4) is 0 Å². The molecule has 2 aromatic heterocycles. The van der Waals surface area contributed by atoms with Crippen LogP contribution >= 0.6 is 11.3 Å². The third-order valence-corrected chi connectivity index (χ3v) is 10.5. The van der Waals surface area contributed by atoms with Crippen LogP contribution in [-0.2, 0) is 11.8 Å². The average molecular weight is 519 g/mol. The Morgan fingerprint density at radius 3 is 2.84 bits per heavy atom. The molecule has 2 aromatic rings. The van der Waals surface area contributed by atoms with E-state index >= 15 is 0 Å². The Morgan fingerprint density at radius 1 is 1.38 bits per heavy atom. The normalized spacial score (nSPS) is 33.0. The summed E-state index contributed by atoms with van der Waals surface area (Å²) >= 11 is 1.48. The molecular weight excluding hydrogens is 484 g/mol. The van der Waals surface area contributed by atoms with Gasteiger partial charge >= 0.3 is 6.01 Å². The molecule has 1 spiro atoms. The zero-order valence-corrected chi connectivity index (χ0v) is 22.4. The lowest BCUT2D eigenvalue weighted by molar-refractivity contribution is 0.0923. The number of aryl methyl sites for hydroxylation is 1. The Bertz CT molecular complexity index is 1340. The van der Waals surface area contributed by atoms with E-state index in [9.17, 15) is 15.8 Å². The Morgan fingerprint density at radius 2 is 2.14 bits per heavy atom. The molecule has 6 atom stereocenters. The molecule has 0 bridgehead atoms. The molecule has 194 valence electrons. The lowest BCUT2D eigenvalue weighted by atomic mass is 9.60. The van der Waals surface area contributed by atoms with Crippen LogP contribution in [0.1, 0.15) is 74.1 Å². The molecule has 37 heavy (non-hydrogen) atoms. The molecule has 4 aliphatic rings. The number of anilines is 1. The Labute approximate surface area is 221 Å². The Kier molecular flexibility index (Phi) is 5.81. The first-order valence-corrected chi connectivity index (χ1v) is 14.1. The van der Waals surface area contributed by atoms with Gasteiger partial charge in [0.2, 0.25) is 0 Å². The quantitative estimate of drug-likeness (QED) is 0.493.